The molecule has 0 fully saturated rings. The second kappa shape index (κ2) is 7.84. The Labute approximate surface area is 142 Å². The average molecular weight is 328 g/mol. The van der Waals surface area contributed by atoms with Gasteiger partial charge < -0.3 is 20.5 Å². The summed E-state index contributed by atoms with van der Waals surface area (Å²) in [5, 5.41) is 15.9. The van der Waals surface area contributed by atoms with Crippen LogP contribution in [0.2, 0.25) is 0 Å². The first-order valence-electron chi connectivity index (χ1n) is 7.96. The lowest BCUT2D eigenvalue weighted by molar-refractivity contribution is 0.0599. The summed E-state index contributed by atoms with van der Waals surface area (Å²) in [6.07, 6.45) is 0.104. The minimum Gasteiger partial charge on any atom is -0.491 e. The van der Waals surface area contributed by atoms with Crippen LogP contribution in [0.25, 0.3) is 0 Å². The summed E-state index contributed by atoms with van der Waals surface area (Å²) in [6.45, 7) is 5.69. The van der Waals surface area contributed by atoms with Crippen molar-refractivity contribution in [1.29, 1.82) is 0 Å². The Hall–Kier alpha value is -2.53. The maximum atomic E-state index is 12.0. The molecule has 2 aromatic rings. The van der Waals surface area contributed by atoms with Crippen molar-refractivity contribution in [2.45, 2.75) is 32.5 Å². The van der Waals surface area contributed by atoms with Gasteiger partial charge in [-0.05, 0) is 50.6 Å². The smallest absolute Gasteiger partial charge is 0.319 e. The van der Waals surface area contributed by atoms with Crippen LogP contribution < -0.4 is 15.4 Å². The van der Waals surface area contributed by atoms with Gasteiger partial charge in [-0.1, -0.05) is 30.3 Å². The zero-order chi connectivity index (χ0) is 17.6. The molecule has 0 aliphatic heterocycles. The SMILES string of the molecule is CC(C)Oc1ccc(NC(=O)NCC(C)(O)c2ccccc2)cc1. The van der Waals surface area contributed by atoms with Crippen LogP contribution in [0.1, 0.15) is 26.3 Å². The molecule has 0 radical (unpaired) electrons. The molecule has 0 bridgehead atoms. The maximum absolute atomic E-state index is 12.0. The second-order valence-electron chi connectivity index (χ2n) is 6.14. The van der Waals surface area contributed by atoms with E-state index in [1.165, 1.54) is 0 Å². The van der Waals surface area contributed by atoms with E-state index in [2.05, 4.69) is 10.6 Å². The predicted molar refractivity (Wildman–Crippen MR) is 95.2 cm³/mol. The van der Waals surface area contributed by atoms with Crippen LogP contribution in [-0.2, 0) is 5.60 Å². The number of aliphatic hydroxyl groups is 1. The molecule has 0 heterocycles. The molecule has 5 nitrogen and oxygen atoms in total. The number of rotatable bonds is 6. The van der Waals surface area contributed by atoms with E-state index in [-0.39, 0.29) is 18.7 Å². The van der Waals surface area contributed by atoms with Gasteiger partial charge >= 0.3 is 6.03 Å². The lowest BCUT2D eigenvalue weighted by atomic mass is 9.96. The summed E-state index contributed by atoms with van der Waals surface area (Å²) in [5.74, 6) is 0.753. The van der Waals surface area contributed by atoms with Crippen LogP contribution in [-0.4, -0.2) is 23.8 Å². The second-order valence-corrected chi connectivity index (χ2v) is 6.14. The molecule has 2 aromatic carbocycles. The van der Waals surface area contributed by atoms with Gasteiger partial charge in [0, 0.05) is 5.69 Å². The first-order valence-corrected chi connectivity index (χ1v) is 7.96. The van der Waals surface area contributed by atoms with Crippen molar-refractivity contribution in [3.63, 3.8) is 0 Å². The molecule has 24 heavy (non-hydrogen) atoms. The van der Waals surface area contributed by atoms with Gasteiger partial charge in [0.05, 0.1) is 12.6 Å². The van der Waals surface area contributed by atoms with Gasteiger partial charge in [0.2, 0.25) is 0 Å². The van der Waals surface area contributed by atoms with Crippen molar-refractivity contribution in [3.05, 3.63) is 60.2 Å². The predicted octanol–water partition coefficient (Wildman–Crippen LogP) is 3.50. The molecule has 0 aliphatic carbocycles. The number of urea groups is 1. The highest BCUT2D eigenvalue weighted by Crippen LogP contribution is 2.19. The molecule has 0 aromatic heterocycles. The zero-order valence-electron chi connectivity index (χ0n) is 14.2. The van der Waals surface area contributed by atoms with Crippen LogP contribution in [0.3, 0.4) is 0 Å². The summed E-state index contributed by atoms with van der Waals surface area (Å²) in [4.78, 5) is 12.0. The third-order valence-corrected chi connectivity index (χ3v) is 3.47. The maximum Gasteiger partial charge on any atom is 0.319 e. The van der Waals surface area contributed by atoms with E-state index < -0.39 is 5.60 Å². The van der Waals surface area contributed by atoms with E-state index >= 15 is 0 Å². The molecule has 1 atom stereocenters. The fourth-order valence-electron chi connectivity index (χ4n) is 2.22. The third kappa shape index (κ3) is 5.28. The number of nitrogens with one attached hydrogen (secondary N) is 2. The number of carbonyl (C=O) groups is 1. The van der Waals surface area contributed by atoms with E-state index in [9.17, 15) is 9.90 Å². The van der Waals surface area contributed by atoms with Gasteiger partial charge in [0.1, 0.15) is 11.4 Å². The Morgan fingerprint density at radius 1 is 1.12 bits per heavy atom. The molecule has 2 rings (SSSR count). The summed E-state index contributed by atoms with van der Waals surface area (Å²) < 4.78 is 5.55. The number of ether oxygens (including phenoxy) is 1. The van der Waals surface area contributed by atoms with E-state index in [1.807, 2.05) is 44.2 Å². The summed E-state index contributed by atoms with van der Waals surface area (Å²) >= 11 is 0. The van der Waals surface area contributed by atoms with E-state index in [1.54, 1.807) is 31.2 Å². The van der Waals surface area contributed by atoms with Gasteiger partial charge in [-0.3, -0.25) is 0 Å². The normalized spacial score (nSPS) is 13.2. The van der Waals surface area contributed by atoms with Crippen molar-refractivity contribution in [2.75, 3.05) is 11.9 Å². The summed E-state index contributed by atoms with van der Waals surface area (Å²) in [5.41, 5.74) is 0.275. The lowest BCUT2D eigenvalue weighted by Crippen LogP contribution is -2.40. The van der Waals surface area contributed by atoms with Crippen LogP contribution >= 0.6 is 0 Å². The standard InChI is InChI=1S/C19H24N2O3/c1-14(2)24-17-11-9-16(10-12-17)21-18(22)20-13-19(3,23)15-7-5-4-6-8-15/h4-12,14,23H,13H2,1-3H3,(H2,20,21,22). The quantitative estimate of drug-likeness (QED) is 0.760. The highest BCUT2D eigenvalue weighted by atomic mass is 16.5. The molecular weight excluding hydrogens is 304 g/mol. The molecule has 0 spiro atoms. The highest BCUT2D eigenvalue weighted by Gasteiger charge is 2.23. The Morgan fingerprint density at radius 2 is 1.75 bits per heavy atom. The van der Waals surface area contributed by atoms with Crippen LogP contribution in [0.4, 0.5) is 10.5 Å². The van der Waals surface area contributed by atoms with Gasteiger partial charge in [-0.2, -0.15) is 0 Å². The fourth-order valence-corrected chi connectivity index (χ4v) is 2.22. The lowest BCUT2D eigenvalue weighted by Gasteiger charge is -2.24. The molecule has 0 saturated heterocycles. The minimum absolute atomic E-state index is 0.104. The first kappa shape index (κ1) is 17.8. The van der Waals surface area contributed by atoms with Crippen LogP contribution in [0.15, 0.2) is 54.6 Å². The van der Waals surface area contributed by atoms with Gasteiger partial charge in [-0.15, -0.1) is 0 Å². The Bertz CT molecular complexity index is 652. The Morgan fingerprint density at radius 3 is 2.33 bits per heavy atom. The van der Waals surface area contributed by atoms with Crippen molar-refractivity contribution < 1.29 is 14.6 Å². The summed E-state index contributed by atoms with van der Waals surface area (Å²) in [7, 11) is 0. The molecule has 0 aliphatic rings. The topological polar surface area (TPSA) is 70.6 Å². The number of benzene rings is 2. The molecule has 1 unspecified atom stereocenters. The van der Waals surface area contributed by atoms with Crippen LogP contribution in [0, 0.1) is 0 Å². The molecule has 0 saturated carbocycles. The molecule has 2 amide bonds. The van der Waals surface area contributed by atoms with E-state index in [0.29, 0.717) is 5.69 Å². The molecule has 128 valence electrons. The molecule has 3 N–H and O–H groups in total. The third-order valence-electron chi connectivity index (χ3n) is 3.47. The largest absolute Gasteiger partial charge is 0.491 e. The number of hydrogen-bond donors (Lipinski definition) is 3. The van der Waals surface area contributed by atoms with Gasteiger partial charge in [0.15, 0.2) is 0 Å². The van der Waals surface area contributed by atoms with Crippen molar-refractivity contribution in [2.24, 2.45) is 0 Å². The number of amides is 2. The average Bonchev–Trinajstić information content (AvgIpc) is 2.55. The van der Waals surface area contributed by atoms with E-state index in [0.717, 1.165) is 11.3 Å². The number of hydrogen-bond acceptors (Lipinski definition) is 3. The number of carbonyl (C=O) groups excluding carboxylic acids is 1. The van der Waals surface area contributed by atoms with Crippen molar-refractivity contribution in [1.82, 2.24) is 5.32 Å². The Kier molecular flexibility index (Phi) is 5.82. The van der Waals surface area contributed by atoms with Crippen molar-refractivity contribution in [3.8, 4) is 5.75 Å². The Balaban J connectivity index is 1.87. The first-order chi connectivity index (χ1) is 11.4. The molecular formula is C19H24N2O3. The highest BCUT2D eigenvalue weighted by molar-refractivity contribution is 5.89. The van der Waals surface area contributed by atoms with E-state index in [4.69, 9.17) is 4.74 Å². The minimum atomic E-state index is -1.13. The monoisotopic (exact) mass is 328 g/mol. The van der Waals surface area contributed by atoms with Crippen LogP contribution in [0.5, 0.6) is 5.75 Å². The zero-order valence-corrected chi connectivity index (χ0v) is 14.2. The van der Waals surface area contributed by atoms with Crippen molar-refractivity contribution >= 4 is 11.7 Å². The summed E-state index contributed by atoms with van der Waals surface area (Å²) in [6, 6.07) is 16.0. The van der Waals surface area contributed by atoms with Gasteiger partial charge in [-0.25, -0.2) is 4.79 Å². The number of anilines is 1. The molecule has 5 heteroatoms. The van der Waals surface area contributed by atoms with Gasteiger partial charge in [0.25, 0.3) is 0 Å². The fraction of sp³-hybridized carbons (Fsp3) is 0.316.